The largest absolute Gasteiger partial charge is 0.467 e. The molecule has 0 radical (unpaired) electrons. The Labute approximate surface area is 218 Å². The van der Waals surface area contributed by atoms with E-state index in [1.54, 1.807) is 0 Å². The van der Waals surface area contributed by atoms with E-state index in [-0.39, 0.29) is 35.9 Å². The fourth-order valence-electron chi connectivity index (χ4n) is 3.26. The molecule has 2 aromatic carbocycles. The molecule has 0 saturated carbocycles. The topological polar surface area (TPSA) is 92.8 Å². The highest BCUT2D eigenvalue weighted by molar-refractivity contribution is 14.1. The summed E-state index contributed by atoms with van der Waals surface area (Å²) in [6.45, 7) is 3.68. The second-order valence-corrected chi connectivity index (χ2v) is 11.5. The molecule has 0 aromatic heterocycles. The smallest absolute Gasteiger partial charge is 0.328 e. The Morgan fingerprint density at radius 1 is 1.18 bits per heavy atom. The van der Waals surface area contributed by atoms with E-state index in [1.165, 1.54) is 49.6 Å². The van der Waals surface area contributed by atoms with Crippen molar-refractivity contribution in [3.8, 4) is 0 Å². The van der Waals surface area contributed by atoms with Gasteiger partial charge in [0.2, 0.25) is 5.91 Å². The van der Waals surface area contributed by atoms with Gasteiger partial charge in [0.25, 0.3) is 10.0 Å². The summed E-state index contributed by atoms with van der Waals surface area (Å²) in [4.78, 5) is 24.4. The molecule has 0 aliphatic heterocycles. The van der Waals surface area contributed by atoms with Gasteiger partial charge in [-0.1, -0.05) is 25.4 Å². The highest BCUT2D eigenvalue weighted by atomic mass is 127. The monoisotopic (exact) mass is 624 g/mol. The van der Waals surface area contributed by atoms with E-state index < -0.39 is 33.8 Å². The Bertz CT molecular complexity index is 1110. The first-order valence-electron chi connectivity index (χ1n) is 10.6. The number of carbonyl (C=O) groups excluding carboxylic acids is 2. The maximum absolute atomic E-state index is 14.7. The molecule has 1 atom stereocenters. The zero-order chi connectivity index (χ0) is 25.5. The van der Waals surface area contributed by atoms with Crippen molar-refractivity contribution in [2.75, 3.05) is 18.0 Å². The second kappa shape index (κ2) is 12.7. The van der Waals surface area contributed by atoms with Gasteiger partial charge in [-0.05, 0) is 83.8 Å². The van der Waals surface area contributed by atoms with Gasteiger partial charge in [0.1, 0.15) is 11.9 Å². The molecular formula is C23H27ClFIN2O5S. The summed E-state index contributed by atoms with van der Waals surface area (Å²) in [5.74, 6) is -1.53. The van der Waals surface area contributed by atoms with Crippen LogP contribution in [0.1, 0.15) is 33.1 Å². The van der Waals surface area contributed by atoms with Crippen LogP contribution in [-0.2, 0) is 24.3 Å². The number of nitrogens with zero attached hydrogens (tertiary/aromatic N) is 1. The summed E-state index contributed by atoms with van der Waals surface area (Å²) in [7, 11) is -2.89. The summed E-state index contributed by atoms with van der Waals surface area (Å²) in [5, 5.41) is 3.00. The van der Waals surface area contributed by atoms with Crippen LogP contribution in [0.15, 0.2) is 47.4 Å². The van der Waals surface area contributed by atoms with E-state index in [4.69, 9.17) is 16.3 Å². The lowest BCUT2D eigenvalue weighted by Gasteiger charge is -2.25. The van der Waals surface area contributed by atoms with Crippen LogP contribution >= 0.6 is 34.2 Å². The summed E-state index contributed by atoms with van der Waals surface area (Å²) in [6.07, 6.45) is 0.437. The Morgan fingerprint density at radius 3 is 2.41 bits per heavy atom. The predicted molar refractivity (Wildman–Crippen MR) is 138 cm³/mol. The van der Waals surface area contributed by atoms with Gasteiger partial charge in [0.15, 0.2) is 0 Å². The van der Waals surface area contributed by atoms with E-state index in [2.05, 4.69) is 5.32 Å². The number of carbonyl (C=O) groups is 2. The number of hydrogen-bond acceptors (Lipinski definition) is 5. The first kappa shape index (κ1) is 28.3. The maximum atomic E-state index is 14.7. The highest BCUT2D eigenvalue weighted by Gasteiger charge is 2.28. The molecule has 2 rings (SSSR count). The lowest BCUT2D eigenvalue weighted by Crippen LogP contribution is -2.42. The van der Waals surface area contributed by atoms with Crippen LogP contribution in [0.2, 0.25) is 5.02 Å². The molecule has 1 amide bonds. The van der Waals surface area contributed by atoms with Gasteiger partial charge in [-0.15, -0.1) is 0 Å². The molecular weight excluding hydrogens is 598 g/mol. The van der Waals surface area contributed by atoms with Crippen molar-refractivity contribution < 1.29 is 27.1 Å². The van der Waals surface area contributed by atoms with Gasteiger partial charge in [0.05, 0.1) is 17.7 Å². The van der Waals surface area contributed by atoms with Crippen molar-refractivity contribution in [1.82, 2.24) is 5.32 Å². The number of rotatable bonds is 11. The number of amides is 1. The maximum Gasteiger partial charge on any atom is 0.328 e. The fraction of sp³-hybridized carbons (Fsp3) is 0.391. The van der Waals surface area contributed by atoms with E-state index >= 15 is 0 Å². The summed E-state index contributed by atoms with van der Waals surface area (Å²) < 4.78 is 47.8. The lowest BCUT2D eigenvalue weighted by molar-refractivity contribution is -0.145. The molecule has 0 heterocycles. The number of anilines is 1. The van der Waals surface area contributed by atoms with Gasteiger partial charge in [0, 0.05) is 21.6 Å². The van der Waals surface area contributed by atoms with E-state index in [9.17, 15) is 22.4 Å². The molecule has 0 fully saturated rings. The molecule has 0 spiro atoms. The molecule has 11 heteroatoms. The highest BCUT2D eigenvalue weighted by Crippen LogP contribution is 2.29. The minimum Gasteiger partial charge on any atom is -0.467 e. The van der Waals surface area contributed by atoms with Crippen LogP contribution in [0.4, 0.5) is 10.1 Å². The van der Waals surface area contributed by atoms with E-state index in [0.717, 1.165) is 4.31 Å². The SMILES string of the molecule is COC(=O)[C@H](CC(C)C)NC(=O)CCCN(c1cc(I)ccc1F)S(=O)(=O)c1ccc(Cl)cc1. The first-order chi connectivity index (χ1) is 15.9. The quantitative estimate of drug-likeness (QED) is 0.288. The van der Waals surface area contributed by atoms with Gasteiger partial charge < -0.3 is 10.1 Å². The minimum atomic E-state index is -4.14. The van der Waals surface area contributed by atoms with Gasteiger partial charge in [-0.2, -0.15) is 0 Å². The zero-order valence-electron chi connectivity index (χ0n) is 19.1. The fourth-order valence-corrected chi connectivity index (χ4v) is 5.36. The molecule has 2 aromatic rings. The van der Waals surface area contributed by atoms with Crippen LogP contribution in [0.5, 0.6) is 0 Å². The zero-order valence-corrected chi connectivity index (χ0v) is 22.8. The van der Waals surface area contributed by atoms with Crippen molar-refractivity contribution in [3.05, 3.63) is 56.9 Å². The van der Waals surface area contributed by atoms with Crippen molar-refractivity contribution in [2.45, 2.75) is 44.0 Å². The Kier molecular flexibility index (Phi) is 10.6. The molecule has 1 N–H and O–H groups in total. The van der Waals surface area contributed by atoms with Crippen molar-refractivity contribution in [1.29, 1.82) is 0 Å². The number of benzene rings is 2. The van der Waals surface area contributed by atoms with Gasteiger partial charge in [-0.25, -0.2) is 17.6 Å². The number of nitrogens with one attached hydrogen (secondary N) is 1. The number of ether oxygens (including phenoxy) is 1. The van der Waals surface area contributed by atoms with Crippen molar-refractivity contribution in [2.24, 2.45) is 5.92 Å². The average Bonchev–Trinajstić information content (AvgIpc) is 2.77. The second-order valence-electron chi connectivity index (χ2n) is 8.00. The third-order valence-corrected chi connectivity index (χ3v) is 7.62. The molecule has 7 nitrogen and oxygen atoms in total. The van der Waals surface area contributed by atoms with Crippen LogP contribution in [0.3, 0.4) is 0 Å². The van der Waals surface area contributed by atoms with Crippen LogP contribution in [-0.4, -0.2) is 40.0 Å². The molecule has 0 unspecified atom stereocenters. The van der Waals surface area contributed by atoms with E-state index in [0.29, 0.717) is 15.0 Å². The van der Waals surface area contributed by atoms with Crippen LogP contribution in [0, 0.1) is 15.3 Å². The molecule has 0 bridgehead atoms. The predicted octanol–water partition coefficient (Wildman–Crippen LogP) is 4.76. The van der Waals surface area contributed by atoms with Gasteiger partial charge in [-0.3, -0.25) is 9.10 Å². The van der Waals surface area contributed by atoms with Crippen molar-refractivity contribution in [3.63, 3.8) is 0 Å². The number of methoxy groups -OCH3 is 1. The molecule has 34 heavy (non-hydrogen) atoms. The molecule has 186 valence electrons. The molecule has 0 saturated heterocycles. The lowest BCUT2D eigenvalue weighted by atomic mass is 10.0. The number of sulfonamides is 1. The van der Waals surface area contributed by atoms with E-state index in [1.807, 2.05) is 36.4 Å². The van der Waals surface area contributed by atoms with Crippen LogP contribution in [0.25, 0.3) is 0 Å². The van der Waals surface area contributed by atoms with Gasteiger partial charge >= 0.3 is 5.97 Å². The Balaban J connectivity index is 2.23. The summed E-state index contributed by atoms with van der Waals surface area (Å²) in [5.41, 5.74) is -0.116. The number of esters is 1. The third kappa shape index (κ3) is 7.81. The van der Waals surface area contributed by atoms with Crippen LogP contribution < -0.4 is 9.62 Å². The molecule has 0 aliphatic carbocycles. The standard InChI is InChI=1S/C23H27ClFIN2O5S/c1-15(2)13-20(23(30)33-3)27-22(29)5-4-12-28(21-14-17(26)8-11-19(21)25)34(31,32)18-9-6-16(24)7-10-18/h6-11,14-15,20H,4-5,12-13H2,1-3H3,(H,27,29)/t20-/m0/s1. The third-order valence-electron chi connectivity index (χ3n) is 4.87. The normalized spacial score (nSPS) is 12.3. The Morgan fingerprint density at radius 2 is 1.82 bits per heavy atom. The summed E-state index contributed by atoms with van der Waals surface area (Å²) >= 11 is 7.85. The first-order valence-corrected chi connectivity index (χ1v) is 13.5. The minimum absolute atomic E-state index is 0.0534. The Hall–Kier alpha value is -1.92. The number of halogens is 3. The number of hydrogen-bond donors (Lipinski definition) is 1. The molecule has 0 aliphatic rings. The average molecular weight is 625 g/mol. The summed E-state index contributed by atoms with van der Waals surface area (Å²) in [6, 6.07) is 8.92. The van der Waals surface area contributed by atoms with Crippen molar-refractivity contribution >= 4 is 61.8 Å².